The molecule has 146 valence electrons. The van der Waals surface area contributed by atoms with E-state index in [1.165, 1.54) is 32.1 Å². The van der Waals surface area contributed by atoms with Gasteiger partial charge in [-0.15, -0.1) is 0 Å². The zero-order valence-electron chi connectivity index (χ0n) is 17.1. The van der Waals surface area contributed by atoms with Crippen LogP contribution in [0.4, 0.5) is 0 Å². The molecule has 0 aliphatic heterocycles. The summed E-state index contributed by atoms with van der Waals surface area (Å²) in [5.74, 6) is 3.25. The number of hydrogen-bond acceptors (Lipinski definition) is 3. The van der Waals surface area contributed by atoms with Crippen molar-refractivity contribution in [2.75, 3.05) is 0 Å². The van der Waals surface area contributed by atoms with Gasteiger partial charge in [0.15, 0.2) is 0 Å². The van der Waals surface area contributed by atoms with Crippen molar-refractivity contribution in [3.8, 4) is 0 Å². The number of carbonyl (C=O) groups is 2. The number of carbonyl (C=O) groups excluding carboxylic acids is 2. The topological polar surface area (TPSA) is 43.4 Å². The highest BCUT2D eigenvalue weighted by atomic mass is 16.6. The Bertz CT molecular complexity index is 613. The van der Waals surface area contributed by atoms with Gasteiger partial charge in [0, 0.05) is 24.7 Å². The normalized spacial score (nSPS) is 50.5. The van der Waals surface area contributed by atoms with Gasteiger partial charge in [0.05, 0.1) is 0 Å². The van der Waals surface area contributed by atoms with Crippen LogP contribution in [0, 0.1) is 34.5 Å². The fourth-order valence-electron chi connectivity index (χ4n) is 7.76. The molecule has 0 amide bonds. The molecule has 4 aliphatic carbocycles. The molecule has 7 atom stereocenters. The second kappa shape index (κ2) is 6.07. The van der Waals surface area contributed by atoms with Gasteiger partial charge in [0.1, 0.15) is 11.4 Å². The Balaban J connectivity index is 1.60. The maximum atomic E-state index is 12.1. The summed E-state index contributed by atoms with van der Waals surface area (Å²) >= 11 is 0. The van der Waals surface area contributed by atoms with Crippen molar-refractivity contribution in [2.24, 2.45) is 34.5 Å². The minimum absolute atomic E-state index is 0.0436. The highest BCUT2D eigenvalue weighted by Crippen LogP contribution is 2.68. The lowest BCUT2D eigenvalue weighted by Crippen LogP contribution is -2.56. The van der Waals surface area contributed by atoms with Crippen molar-refractivity contribution < 1.29 is 14.3 Å². The molecule has 4 saturated carbocycles. The van der Waals surface area contributed by atoms with Crippen molar-refractivity contribution in [1.29, 1.82) is 0 Å². The summed E-state index contributed by atoms with van der Waals surface area (Å²) in [6.07, 6.45) is 10.3. The summed E-state index contributed by atoms with van der Waals surface area (Å²) in [6, 6.07) is 0. The smallest absolute Gasteiger partial charge is 0.306 e. The molecule has 3 nitrogen and oxygen atoms in total. The van der Waals surface area contributed by atoms with Gasteiger partial charge in [-0.2, -0.15) is 0 Å². The van der Waals surface area contributed by atoms with Crippen molar-refractivity contribution >= 4 is 11.8 Å². The summed E-state index contributed by atoms with van der Waals surface area (Å²) in [5, 5.41) is 0. The van der Waals surface area contributed by atoms with Crippen molar-refractivity contribution in [1.82, 2.24) is 0 Å². The Hall–Kier alpha value is -0.860. The van der Waals surface area contributed by atoms with E-state index in [0.717, 1.165) is 37.5 Å². The standard InChI is InChI=1S/C23H36O3/c1-5-20(25)26-23(4)13-10-19-17-7-6-15-14-16(24)8-11-21(15,2)18(17)9-12-22(19,23)3/h15,17-19H,5-14H2,1-4H3/t15?,17-,18-,19+,21+,22+,23?/m1/s1. The fraction of sp³-hybridized carbons (Fsp3) is 0.913. The minimum Gasteiger partial charge on any atom is -0.459 e. The monoisotopic (exact) mass is 360 g/mol. The Kier molecular flexibility index (Phi) is 4.32. The molecule has 0 aromatic rings. The third-order valence-electron chi connectivity index (χ3n) is 9.64. The zero-order chi connectivity index (χ0) is 18.7. The summed E-state index contributed by atoms with van der Waals surface area (Å²) in [6.45, 7) is 8.99. The lowest BCUT2D eigenvalue weighted by Gasteiger charge is -2.61. The van der Waals surface area contributed by atoms with Crippen LogP contribution in [0.25, 0.3) is 0 Å². The van der Waals surface area contributed by atoms with Gasteiger partial charge < -0.3 is 4.74 Å². The quantitative estimate of drug-likeness (QED) is 0.627. The van der Waals surface area contributed by atoms with E-state index < -0.39 is 0 Å². The van der Waals surface area contributed by atoms with Crippen LogP contribution in [0.15, 0.2) is 0 Å². The first-order chi connectivity index (χ1) is 12.2. The predicted molar refractivity (Wildman–Crippen MR) is 102 cm³/mol. The van der Waals surface area contributed by atoms with Crippen LogP contribution in [0.5, 0.6) is 0 Å². The van der Waals surface area contributed by atoms with Crippen LogP contribution in [0.1, 0.15) is 91.9 Å². The molecular formula is C23H36O3. The number of rotatable bonds is 2. The number of fused-ring (bicyclic) bond motifs is 5. The molecule has 4 rings (SSSR count). The molecule has 4 aliphatic rings. The number of ether oxygens (including phenoxy) is 1. The summed E-state index contributed by atoms with van der Waals surface area (Å²) in [5.41, 5.74) is 0.180. The van der Waals surface area contributed by atoms with Crippen LogP contribution in [0.3, 0.4) is 0 Å². The molecule has 0 heterocycles. The summed E-state index contributed by atoms with van der Waals surface area (Å²) in [7, 11) is 0. The van der Waals surface area contributed by atoms with Gasteiger partial charge in [-0.25, -0.2) is 0 Å². The van der Waals surface area contributed by atoms with Gasteiger partial charge in [-0.3, -0.25) is 9.59 Å². The lowest BCUT2D eigenvalue weighted by atomic mass is 9.44. The first-order valence-electron chi connectivity index (χ1n) is 11.0. The van der Waals surface area contributed by atoms with Gasteiger partial charge in [0.25, 0.3) is 0 Å². The summed E-state index contributed by atoms with van der Waals surface area (Å²) in [4.78, 5) is 24.1. The highest BCUT2D eigenvalue weighted by molar-refractivity contribution is 5.79. The van der Waals surface area contributed by atoms with Crippen LogP contribution in [0.2, 0.25) is 0 Å². The third kappa shape index (κ3) is 2.44. The van der Waals surface area contributed by atoms with E-state index in [1.807, 2.05) is 6.92 Å². The van der Waals surface area contributed by atoms with E-state index >= 15 is 0 Å². The lowest BCUT2D eigenvalue weighted by molar-refractivity contribution is -0.185. The van der Waals surface area contributed by atoms with E-state index in [1.54, 1.807) is 0 Å². The van der Waals surface area contributed by atoms with Crippen LogP contribution < -0.4 is 0 Å². The van der Waals surface area contributed by atoms with Gasteiger partial charge in [-0.1, -0.05) is 20.8 Å². The second-order valence-corrected chi connectivity index (χ2v) is 10.5. The second-order valence-electron chi connectivity index (χ2n) is 10.5. The molecule has 3 heteroatoms. The number of Topliss-reactive ketones (excluding diaryl/α,β-unsaturated/α-hetero) is 1. The van der Waals surface area contributed by atoms with E-state index in [0.29, 0.717) is 29.5 Å². The Morgan fingerprint density at radius 2 is 1.77 bits per heavy atom. The van der Waals surface area contributed by atoms with E-state index in [9.17, 15) is 9.59 Å². The van der Waals surface area contributed by atoms with Gasteiger partial charge in [0.2, 0.25) is 0 Å². The SMILES string of the molecule is CCC(=O)OC1(C)CC[C@H]2[C@@H]3CCC4CC(=O)CC[C@]4(C)[C@@H]3CC[C@@]21C. The average molecular weight is 361 g/mol. The van der Waals surface area contributed by atoms with Crippen molar-refractivity contribution in [3.05, 3.63) is 0 Å². The minimum atomic E-state index is -0.296. The highest BCUT2D eigenvalue weighted by Gasteiger charge is 2.64. The van der Waals surface area contributed by atoms with E-state index in [2.05, 4.69) is 20.8 Å². The zero-order valence-corrected chi connectivity index (χ0v) is 17.1. The largest absolute Gasteiger partial charge is 0.459 e. The van der Waals surface area contributed by atoms with E-state index in [4.69, 9.17) is 4.74 Å². The molecule has 0 N–H and O–H groups in total. The van der Waals surface area contributed by atoms with Crippen LogP contribution in [-0.4, -0.2) is 17.4 Å². The first-order valence-corrected chi connectivity index (χ1v) is 11.0. The first kappa shape index (κ1) is 18.5. The van der Waals surface area contributed by atoms with Crippen molar-refractivity contribution in [2.45, 2.75) is 97.5 Å². The number of ketones is 1. The third-order valence-corrected chi connectivity index (χ3v) is 9.64. The molecule has 0 radical (unpaired) electrons. The molecule has 26 heavy (non-hydrogen) atoms. The predicted octanol–water partition coefficient (Wildman–Crippen LogP) is 5.31. The molecule has 0 saturated heterocycles. The molecular weight excluding hydrogens is 324 g/mol. The number of esters is 1. The Morgan fingerprint density at radius 1 is 1.04 bits per heavy atom. The maximum Gasteiger partial charge on any atom is 0.306 e. The molecule has 0 spiro atoms. The maximum absolute atomic E-state index is 12.1. The Labute approximate surface area is 158 Å². The molecule has 2 unspecified atom stereocenters. The molecule has 0 aromatic heterocycles. The Morgan fingerprint density at radius 3 is 2.50 bits per heavy atom. The number of hydrogen-bond donors (Lipinski definition) is 0. The van der Waals surface area contributed by atoms with E-state index in [-0.39, 0.29) is 17.0 Å². The molecule has 0 aromatic carbocycles. The average Bonchev–Trinajstić information content (AvgIpc) is 2.86. The van der Waals surface area contributed by atoms with Crippen LogP contribution >= 0.6 is 0 Å². The summed E-state index contributed by atoms with van der Waals surface area (Å²) < 4.78 is 6.06. The molecule has 4 fully saturated rings. The molecule has 0 bridgehead atoms. The van der Waals surface area contributed by atoms with Gasteiger partial charge in [-0.05, 0) is 81.0 Å². The van der Waals surface area contributed by atoms with Crippen molar-refractivity contribution in [3.63, 3.8) is 0 Å². The van der Waals surface area contributed by atoms with Gasteiger partial charge >= 0.3 is 5.97 Å². The fourth-order valence-corrected chi connectivity index (χ4v) is 7.76. The van der Waals surface area contributed by atoms with Crippen LogP contribution in [-0.2, 0) is 14.3 Å².